The van der Waals surface area contributed by atoms with Crippen LogP contribution in [0.25, 0.3) is 0 Å². The number of nitrogens with one attached hydrogen (secondary N) is 1. The van der Waals surface area contributed by atoms with Crippen molar-refractivity contribution in [3.05, 3.63) is 0 Å². The van der Waals surface area contributed by atoms with E-state index in [0.717, 1.165) is 12.1 Å². The van der Waals surface area contributed by atoms with Crippen LogP contribution in [-0.4, -0.2) is 36.6 Å². The summed E-state index contributed by atoms with van der Waals surface area (Å²) in [6, 6.07) is 1.68. The largest absolute Gasteiger partial charge is 0.314 e. The van der Waals surface area contributed by atoms with Gasteiger partial charge in [0.1, 0.15) is 0 Å². The van der Waals surface area contributed by atoms with E-state index in [9.17, 15) is 0 Å². The molecule has 1 saturated carbocycles. The number of likely N-dealkylation sites (tertiary alicyclic amines) is 1. The molecular weight excluding hydrogens is 160 g/mol. The van der Waals surface area contributed by atoms with Crippen LogP contribution in [0.4, 0.5) is 0 Å². The van der Waals surface area contributed by atoms with Gasteiger partial charge in [-0.05, 0) is 58.7 Å². The smallest absolute Gasteiger partial charge is 0.00790 e. The summed E-state index contributed by atoms with van der Waals surface area (Å²) in [5.41, 5.74) is 0. The minimum atomic E-state index is 0.800. The summed E-state index contributed by atoms with van der Waals surface area (Å²) in [5.74, 6) is 0. The third kappa shape index (κ3) is 2.96. The van der Waals surface area contributed by atoms with Gasteiger partial charge < -0.3 is 10.2 Å². The van der Waals surface area contributed by atoms with Gasteiger partial charge in [-0.2, -0.15) is 0 Å². The Morgan fingerprint density at radius 2 is 2.00 bits per heavy atom. The van der Waals surface area contributed by atoms with Gasteiger partial charge in [0.25, 0.3) is 0 Å². The molecule has 2 nitrogen and oxygen atoms in total. The second-order valence-electron chi connectivity index (χ2n) is 4.61. The normalized spacial score (nSPS) is 26.5. The molecule has 0 spiro atoms. The van der Waals surface area contributed by atoms with Gasteiger partial charge in [0.05, 0.1) is 0 Å². The summed E-state index contributed by atoms with van der Waals surface area (Å²) < 4.78 is 0. The molecular formula is C11H22N2. The average Bonchev–Trinajstić information content (AvgIpc) is 2.80. The van der Waals surface area contributed by atoms with Crippen molar-refractivity contribution in [2.24, 2.45) is 0 Å². The van der Waals surface area contributed by atoms with E-state index in [-0.39, 0.29) is 0 Å². The first-order chi connectivity index (χ1) is 6.36. The predicted molar refractivity (Wildman–Crippen MR) is 55.9 cm³/mol. The van der Waals surface area contributed by atoms with Gasteiger partial charge in [0, 0.05) is 12.1 Å². The molecule has 2 aliphatic rings. The summed E-state index contributed by atoms with van der Waals surface area (Å²) in [6.45, 7) is 6.28. The van der Waals surface area contributed by atoms with Crippen molar-refractivity contribution in [2.45, 2.75) is 51.1 Å². The van der Waals surface area contributed by atoms with Gasteiger partial charge in [-0.25, -0.2) is 0 Å². The summed E-state index contributed by atoms with van der Waals surface area (Å²) in [4.78, 5) is 2.63. The van der Waals surface area contributed by atoms with Crippen LogP contribution in [0.3, 0.4) is 0 Å². The van der Waals surface area contributed by atoms with Crippen LogP contribution in [-0.2, 0) is 0 Å². The maximum Gasteiger partial charge on any atom is 0.00790 e. The Bertz CT molecular complexity index is 148. The van der Waals surface area contributed by atoms with E-state index in [1.54, 1.807) is 0 Å². The number of hydrogen-bond donors (Lipinski definition) is 1. The molecule has 0 radical (unpaired) electrons. The quantitative estimate of drug-likeness (QED) is 0.695. The van der Waals surface area contributed by atoms with Crippen LogP contribution in [0.5, 0.6) is 0 Å². The third-order valence-electron chi connectivity index (χ3n) is 3.34. The first-order valence-corrected chi connectivity index (χ1v) is 5.83. The molecule has 0 bridgehead atoms. The molecule has 1 aliphatic heterocycles. The molecule has 1 saturated heterocycles. The topological polar surface area (TPSA) is 15.3 Å². The third-order valence-corrected chi connectivity index (χ3v) is 3.34. The van der Waals surface area contributed by atoms with Gasteiger partial charge >= 0.3 is 0 Å². The van der Waals surface area contributed by atoms with E-state index in [1.807, 2.05) is 0 Å². The van der Waals surface area contributed by atoms with Crippen molar-refractivity contribution < 1.29 is 0 Å². The number of hydrogen-bond acceptors (Lipinski definition) is 2. The molecule has 2 heteroatoms. The summed E-state index contributed by atoms with van der Waals surface area (Å²) in [5, 5.41) is 3.58. The fraction of sp³-hybridized carbons (Fsp3) is 1.00. The van der Waals surface area contributed by atoms with Crippen molar-refractivity contribution >= 4 is 0 Å². The lowest BCUT2D eigenvalue weighted by molar-refractivity contribution is 0.245. The van der Waals surface area contributed by atoms with E-state index >= 15 is 0 Å². The van der Waals surface area contributed by atoms with Crippen molar-refractivity contribution in [1.29, 1.82) is 0 Å². The first-order valence-electron chi connectivity index (χ1n) is 5.83. The lowest BCUT2D eigenvalue weighted by Gasteiger charge is -2.23. The number of rotatable bonds is 5. The molecule has 0 aromatic heterocycles. The van der Waals surface area contributed by atoms with Crippen LogP contribution in [0.1, 0.15) is 39.0 Å². The monoisotopic (exact) mass is 182 g/mol. The molecule has 0 aromatic carbocycles. The molecule has 1 heterocycles. The summed E-state index contributed by atoms with van der Waals surface area (Å²) in [6.07, 6.45) is 6.99. The van der Waals surface area contributed by atoms with Gasteiger partial charge in [0.15, 0.2) is 0 Å². The van der Waals surface area contributed by atoms with Gasteiger partial charge in [-0.1, -0.05) is 0 Å². The van der Waals surface area contributed by atoms with Gasteiger partial charge in [-0.15, -0.1) is 0 Å². The van der Waals surface area contributed by atoms with Gasteiger partial charge in [-0.3, -0.25) is 0 Å². The Morgan fingerprint density at radius 1 is 1.31 bits per heavy atom. The lowest BCUT2D eigenvalue weighted by Crippen LogP contribution is -2.33. The minimum absolute atomic E-state index is 0.800. The number of nitrogens with zero attached hydrogens (tertiary/aromatic N) is 1. The molecule has 1 atom stereocenters. The fourth-order valence-electron chi connectivity index (χ4n) is 2.15. The molecule has 1 unspecified atom stereocenters. The van der Waals surface area contributed by atoms with E-state index in [4.69, 9.17) is 0 Å². The Morgan fingerprint density at radius 3 is 2.62 bits per heavy atom. The van der Waals surface area contributed by atoms with E-state index in [0.29, 0.717) is 0 Å². The Kier molecular flexibility index (Phi) is 3.23. The Hall–Kier alpha value is -0.0800. The second-order valence-corrected chi connectivity index (χ2v) is 4.61. The predicted octanol–water partition coefficient (Wildman–Crippen LogP) is 1.61. The molecule has 1 aliphatic carbocycles. The molecule has 13 heavy (non-hydrogen) atoms. The van der Waals surface area contributed by atoms with Crippen LogP contribution in [0.15, 0.2) is 0 Å². The summed E-state index contributed by atoms with van der Waals surface area (Å²) in [7, 11) is 0. The van der Waals surface area contributed by atoms with E-state index in [1.165, 1.54) is 51.7 Å². The Labute approximate surface area is 81.7 Å². The van der Waals surface area contributed by atoms with Crippen LogP contribution in [0, 0.1) is 0 Å². The van der Waals surface area contributed by atoms with Crippen molar-refractivity contribution in [3.8, 4) is 0 Å². The van der Waals surface area contributed by atoms with Crippen molar-refractivity contribution in [2.75, 3.05) is 19.6 Å². The zero-order valence-corrected chi connectivity index (χ0v) is 8.76. The fourth-order valence-corrected chi connectivity index (χ4v) is 2.15. The molecule has 2 rings (SSSR count). The maximum atomic E-state index is 3.58. The molecule has 0 amide bonds. The highest BCUT2D eigenvalue weighted by atomic mass is 15.2. The first kappa shape index (κ1) is 9.47. The zero-order chi connectivity index (χ0) is 9.10. The van der Waals surface area contributed by atoms with Crippen LogP contribution in [0.2, 0.25) is 0 Å². The molecule has 0 aromatic rings. The van der Waals surface area contributed by atoms with E-state index < -0.39 is 0 Å². The minimum Gasteiger partial charge on any atom is -0.314 e. The Balaban J connectivity index is 1.56. The van der Waals surface area contributed by atoms with Crippen LogP contribution < -0.4 is 5.32 Å². The highest BCUT2D eigenvalue weighted by molar-refractivity contribution is 4.81. The average molecular weight is 182 g/mol. The zero-order valence-electron chi connectivity index (χ0n) is 8.76. The molecule has 1 N–H and O–H groups in total. The maximum absolute atomic E-state index is 3.58. The lowest BCUT2D eigenvalue weighted by atomic mass is 10.2. The standard InChI is InChI=1S/C11H22N2/c1-10(13-8-2-3-9-13)6-7-12-11-4-5-11/h10-12H,2-9H2,1H3. The van der Waals surface area contributed by atoms with E-state index in [2.05, 4.69) is 17.1 Å². The second kappa shape index (κ2) is 4.43. The molecule has 2 fully saturated rings. The van der Waals surface area contributed by atoms with Gasteiger partial charge in [0.2, 0.25) is 0 Å². The SMILES string of the molecule is CC(CCNC1CC1)N1CCCC1. The molecule has 76 valence electrons. The highest BCUT2D eigenvalue weighted by Crippen LogP contribution is 2.19. The van der Waals surface area contributed by atoms with Crippen molar-refractivity contribution in [1.82, 2.24) is 10.2 Å². The van der Waals surface area contributed by atoms with Crippen molar-refractivity contribution in [3.63, 3.8) is 0 Å². The highest BCUT2D eigenvalue weighted by Gasteiger charge is 2.21. The summed E-state index contributed by atoms with van der Waals surface area (Å²) >= 11 is 0. The van der Waals surface area contributed by atoms with Crippen LogP contribution >= 0.6 is 0 Å².